The van der Waals surface area contributed by atoms with Crippen molar-refractivity contribution in [1.29, 1.82) is 0 Å². The lowest BCUT2D eigenvalue weighted by molar-refractivity contribution is -0.138. The average molecular weight is 625 g/mol. The highest BCUT2D eigenvalue weighted by Crippen LogP contribution is 2.26. The van der Waals surface area contributed by atoms with Gasteiger partial charge in [0.25, 0.3) is 5.91 Å². The number of benzene rings is 1. The molecule has 1 heterocycles. The summed E-state index contributed by atoms with van der Waals surface area (Å²) in [6.07, 6.45) is 1.90. The molecule has 2 aromatic rings. The van der Waals surface area contributed by atoms with Gasteiger partial charge in [0.1, 0.15) is 0 Å². The zero-order valence-electron chi connectivity index (χ0n) is 25.2. The molecular formula is C29H44N4O9S. The van der Waals surface area contributed by atoms with Gasteiger partial charge in [0, 0.05) is 24.0 Å². The molecule has 13 nitrogen and oxygen atoms in total. The molecule has 0 unspecified atom stereocenters. The number of rotatable bonds is 24. The molecular weight excluding hydrogens is 580 g/mol. The zero-order chi connectivity index (χ0) is 31.3. The van der Waals surface area contributed by atoms with Crippen LogP contribution < -0.4 is 16.0 Å². The first-order valence-corrected chi connectivity index (χ1v) is 15.2. The Hall–Kier alpha value is -3.14. The summed E-state index contributed by atoms with van der Waals surface area (Å²) in [5, 5.41) is 17.9. The molecule has 14 heteroatoms. The molecule has 4 N–H and O–H groups in total. The number of aromatic nitrogens is 1. The lowest BCUT2D eigenvalue weighted by Gasteiger charge is -2.13. The third-order valence-corrected chi connectivity index (χ3v) is 6.82. The number of carbonyl (C=O) groups is 3. The van der Waals surface area contributed by atoms with Gasteiger partial charge < -0.3 is 39.4 Å². The summed E-state index contributed by atoms with van der Waals surface area (Å²) < 4.78 is 26.9. The number of ether oxygens (including phenoxy) is 5. The van der Waals surface area contributed by atoms with Gasteiger partial charge in [-0.3, -0.25) is 19.7 Å². The van der Waals surface area contributed by atoms with Crippen LogP contribution in [0.5, 0.6) is 0 Å². The number of nitrogens with zero attached hydrogens (tertiary/aromatic N) is 1. The monoisotopic (exact) mass is 624 g/mol. The maximum absolute atomic E-state index is 13.0. The third kappa shape index (κ3) is 15.8. The van der Waals surface area contributed by atoms with Crippen LogP contribution in [0.15, 0.2) is 18.2 Å². The molecule has 0 aliphatic rings. The molecule has 1 aromatic heterocycles. The van der Waals surface area contributed by atoms with E-state index in [1.165, 1.54) is 18.3 Å². The highest BCUT2D eigenvalue weighted by Gasteiger charge is 2.16. The maximum atomic E-state index is 13.0. The van der Waals surface area contributed by atoms with Crippen molar-refractivity contribution in [2.24, 2.45) is 0 Å². The minimum absolute atomic E-state index is 0.0150. The molecule has 0 atom stereocenters. The van der Waals surface area contributed by atoms with E-state index < -0.39 is 5.97 Å². The Kier molecular flexibility index (Phi) is 18.1. The van der Waals surface area contributed by atoms with Crippen LogP contribution in [-0.2, 0) is 39.7 Å². The molecule has 0 saturated carbocycles. The summed E-state index contributed by atoms with van der Waals surface area (Å²) >= 11 is 1.47. The van der Waals surface area contributed by atoms with E-state index in [4.69, 9.17) is 28.8 Å². The van der Waals surface area contributed by atoms with Crippen LogP contribution in [0.25, 0.3) is 0 Å². The fourth-order valence-corrected chi connectivity index (χ4v) is 4.72. The van der Waals surface area contributed by atoms with Crippen molar-refractivity contribution in [3.8, 4) is 0 Å². The van der Waals surface area contributed by atoms with Crippen LogP contribution in [0, 0.1) is 6.92 Å². The smallest absolute Gasteiger partial charge is 0.305 e. The summed E-state index contributed by atoms with van der Waals surface area (Å²) in [5.74, 6) is -1.50. The summed E-state index contributed by atoms with van der Waals surface area (Å²) in [7, 11) is 0. The largest absolute Gasteiger partial charge is 0.481 e. The van der Waals surface area contributed by atoms with Crippen LogP contribution >= 0.6 is 11.3 Å². The molecule has 0 radical (unpaired) electrons. The first-order valence-electron chi connectivity index (χ1n) is 14.3. The Morgan fingerprint density at radius 1 is 0.860 bits per heavy atom. The number of aliphatic carboxylic acids is 1. The van der Waals surface area contributed by atoms with E-state index in [-0.39, 0.29) is 24.8 Å². The zero-order valence-corrected chi connectivity index (χ0v) is 26.0. The van der Waals surface area contributed by atoms with Crippen LogP contribution in [0.2, 0.25) is 0 Å². The molecule has 0 aliphatic carbocycles. The predicted molar refractivity (Wildman–Crippen MR) is 164 cm³/mol. The van der Waals surface area contributed by atoms with E-state index in [0.717, 1.165) is 29.1 Å². The number of anilines is 3. The second-order valence-electron chi connectivity index (χ2n) is 9.31. The van der Waals surface area contributed by atoms with Crippen LogP contribution in [0.4, 0.5) is 16.5 Å². The molecule has 0 saturated heterocycles. The number of hydrogen-bond donors (Lipinski definition) is 4. The average Bonchev–Trinajstić information content (AvgIpc) is 3.30. The SMILES string of the molecule is CCCc1sc(NC(=O)c2ccc(NCCOCCOCCOCCOCCOCCC(=O)O)cc2NC(C)=O)nc1C. The quantitative estimate of drug-likeness (QED) is 0.126. The van der Waals surface area contributed by atoms with E-state index >= 15 is 0 Å². The summed E-state index contributed by atoms with van der Waals surface area (Å²) in [4.78, 5) is 40.7. The Morgan fingerprint density at radius 3 is 2.00 bits per heavy atom. The van der Waals surface area contributed by atoms with Gasteiger partial charge in [-0.15, -0.1) is 11.3 Å². The first kappa shape index (κ1) is 36.1. The number of nitrogens with one attached hydrogen (secondary N) is 3. The Bertz CT molecular complexity index is 1130. The highest BCUT2D eigenvalue weighted by atomic mass is 32.1. The third-order valence-electron chi connectivity index (χ3n) is 5.69. The van der Waals surface area contributed by atoms with Crippen molar-refractivity contribution in [1.82, 2.24) is 4.98 Å². The van der Waals surface area contributed by atoms with Gasteiger partial charge in [0.15, 0.2) is 5.13 Å². The molecule has 0 fully saturated rings. The van der Waals surface area contributed by atoms with Gasteiger partial charge >= 0.3 is 5.97 Å². The van der Waals surface area contributed by atoms with Crippen molar-refractivity contribution in [3.63, 3.8) is 0 Å². The van der Waals surface area contributed by atoms with E-state index in [1.54, 1.807) is 18.2 Å². The van der Waals surface area contributed by atoms with E-state index in [1.807, 2.05) is 6.92 Å². The summed E-state index contributed by atoms with van der Waals surface area (Å²) in [6.45, 7) is 9.91. The number of hydrogen-bond acceptors (Lipinski definition) is 11. The normalized spacial score (nSPS) is 11.0. The maximum Gasteiger partial charge on any atom is 0.305 e. The Morgan fingerprint density at radius 2 is 1.44 bits per heavy atom. The van der Waals surface area contributed by atoms with E-state index in [2.05, 4.69) is 27.9 Å². The van der Waals surface area contributed by atoms with Crippen LogP contribution in [-0.4, -0.2) is 100 Å². The second kappa shape index (κ2) is 21.5. The van der Waals surface area contributed by atoms with Gasteiger partial charge in [-0.2, -0.15) is 0 Å². The molecule has 0 spiro atoms. The predicted octanol–water partition coefficient (Wildman–Crippen LogP) is 3.58. The van der Waals surface area contributed by atoms with Crippen molar-refractivity contribution < 1.29 is 43.2 Å². The number of carboxylic acids is 1. The molecule has 0 aliphatic heterocycles. The minimum Gasteiger partial charge on any atom is -0.481 e. The molecule has 2 rings (SSSR count). The lowest BCUT2D eigenvalue weighted by atomic mass is 10.1. The van der Waals surface area contributed by atoms with Gasteiger partial charge in [-0.25, -0.2) is 4.98 Å². The molecule has 2 amide bonds. The van der Waals surface area contributed by atoms with Crippen molar-refractivity contribution in [2.75, 3.05) is 88.6 Å². The number of carbonyl (C=O) groups excluding carboxylic acids is 2. The molecule has 43 heavy (non-hydrogen) atoms. The van der Waals surface area contributed by atoms with Gasteiger partial charge in [0.2, 0.25) is 5.91 Å². The van der Waals surface area contributed by atoms with Gasteiger partial charge in [-0.05, 0) is 31.5 Å². The first-order chi connectivity index (χ1) is 20.8. The minimum atomic E-state index is -0.884. The molecule has 1 aromatic carbocycles. The summed E-state index contributed by atoms with van der Waals surface area (Å²) in [6, 6.07) is 5.16. The Labute approximate surface area is 256 Å². The fourth-order valence-electron chi connectivity index (χ4n) is 3.66. The standard InChI is InChI=1S/C29H44N4O9S/c1-4-5-26-21(2)31-29(43-26)33-28(37)24-7-6-23(20-25(24)32-22(3)34)30-9-11-39-13-15-41-17-19-42-18-16-40-14-12-38-10-8-27(35)36/h6-7,20,30H,4-5,8-19H2,1-3H3,(H,32,34)(H,35,36)(H,31,33,37). The van der Waals surface area contributed by atoms with Gasteiger partial charge in [-0.1, -0.05) is 13.3 Å². The number of amides is 2. The van der Waals surface area contributed by atoms with Crippen LogP contribution in [0.1, 0.15) is 47.6 Å². The van der Waals surface area contributed by atoms with Crippen molar-refractivity contribution >= 4 is 45.6 Å². The lowest BCUT2D eigenvalue weighted by Crippen LogP contribution is -2.17. The topological polar surface area (TPSA) is 167 Å². The fraction of sp³-hybridized carbons (Fsp3) is 0.586. The second-order valence-corrected chi connectivity index (χ2v) is 10.4. The highest BCUT2D eigenvalue weighted by molar-refractivity contribution is 7.15. The van der Waals surface area contributed by atoms with E-state index in [0.29, 0.717) is 82.4 Å². The molecule has 240 valence electrons. The number of carboxylic acid groups (broad SMARTS) is 1. The van der Waals surface area contributed by atoms with E-state index in [9.17, 15) is 14.4 Å². The Balaban J connectivity index is 1.58. The van der Waals surface area contributed by atoms with Crippen LogP contribution in [0.3, 0.4) is 0 Å². The van der Waals surface area contributed by atoms with Gasteiger partial charge in [0.05, 0.1) is 89.4 Å². The number of aryl methyl sites for hydroxylation is 2. The molecule has 0 bridgehead atoms. The summed E-state index contributed by atoms with van der Waals surface area (Å²) in [5.41, 5.74) is 2.40. The number of thiazole rings is 1. The van der Waals surface area contributed by atoms with Crippen molar-refractivity contribution in [3.05, 3.63) is 34.3 Å². The van der Waals surface area contributed by atoms with Crippen molar-refractivity contribution in [2.45, 2.75) is 40.0 Å².